The molecule has 2 amide bonds. The molecule has 30 heavy (non-hydrogen) atoms. The summed E-state index contributed by atoms with van der Waals surface area (Å²) in [5.41, 5.74) is 1.25. The number of ether oxygens (including phenoxy) is 1. The Morgan fingerprint density at radius 1 is 1.10 bits per heavy atom. The molecule has 0 saturated carbocycles. The Labute approximate surface area is 177 Å². The van der Waals surface area contributed by atoms with E-state index >= 15 is 0 Å². The molecule has 2 rings (SSSR count). The molecular weight excluding hydrogens is 406 g/mol. The predicted molar refractivity (Wildman–Crippen MR) is 117 cm³/mol. The van der Waals surface area contributed by atoms with Crippen LogP contribution in [0.3, 0.4) is 0 Å². The summed E-state index contributed by atoms with van der Waals surface area (Å²) in [6.07, 6.45) is 1.09. The van der Waals surface area contributed by atoms with Gasteiger partial charge in [-0.05, 0) is 49.7 Å². The monoisotopic (exact) mass is 433 g/mol. The van der Waals surface area contributed by atoms with Crippen LogP contribution in [-0.2, 0) is 14.8 Å². The molecule has 0 radical (unpaired) electrons. The van der Waals surface area contributed by atoms with Crippen LogP contribution in [0.4, 0.5) is 11.4 Å². The van der Waals surface area contributed by atoms with E-state index in [0.29, 0.717) is 29.2 Å². The molecular formula is C21H27N3O5S. The number of benzene rings is 2. The number of amides is 2. The van der Waals surface area contributed by atoms with Gasteiger partial charge in [-0.15, -0.1) is 0 Å². The zero-order valence-corrected chi connectivity index (χ0v) is 18.3. The second kappa shape index (κ2) is 10.1. The first-order valence-electron chi connectivity index (χ1n) is 9.52. The van der Waals surface area contributed by atoms with Crippen LogP contribution >= 0.6 is 0 Å². The molecule has 9 heteroatoms. The lowest BCUT2D eigenvalue weighted by molar-refractivity contribution is -0.122. The van der Waals surface area contributed by atoms with Crippen LogP contribution < -0.4 is 19.7 Å². The minimum Gasteiger partial charge on any atom is -0.481 e. The van der Waals surface area contributed by atoms with E-state index in [2.05, 4.69) is 10.6 Å². The second-order valence-corrected chi connectivity index (χ2v) is 8.79. The van der Waals surface area contributed by atoms with Gasteiger partial charge in [0.25, 0.3) is 11.8 Å². The maximum absolute atomic E-state index is 12.6. The Balaban J connectivity index is 2.05. The minimum absolute atomic E-state index is 0.257. The van der Waals surface area contributed by atoms with E-state index in [-0.39, 0.29) is 5.91 Å². The van der Waals surface area contributed by atoms with Crippen LogP contribution in [0.2, 0.25) is 0 Å². The van der Waals surface area contributed by atoms with Crippen LogP contribution in [-0.4, -0.2) is 46.2 Å². The lowest BCUT2D eigenvalue weighted by Crippen LogP contribution is -2.32. The fourth-order valence-electron chi connectivity index (χ4n) is 2.54. The molecule has 0 aromatic heterocycles. The Morgan fingerprint density at radius 3 is 2.33 bits per heavy atom. The van der Waals surface area contributed by atoms with Crippen LogP contribution in [0, 0.1) is 0 Å². The Morgan fingerprint density at radius 2 is 1.73 bits per heavy atom. The number of rotatable bonds is 9. The summed E-state index contributed by atoms with van der Waals surface area (Å²) in [7, 11) is -1.91. The quantitative estimate of drug-likeness (QED) is 0.633. The largest absolute Gasteiger partial charge is 0.481 e. The highest BCUT2D eigenvalue weighted by Crippen LogP contribution is 2.22. The van der Waals surface area contributed by atoms with Crippen molar-refractivity contribution in [3.05, 3.63) is 54.1 Å². The average molecular weight is 434 g/mol. The lowest BCUT2D eigenvalue weighted by atomic mass is 10.1. The van der Waals surface area contributed by atoms with Gasteiger partial charge in [0, 0.05) is 13.6 Å². The molecule has 2 N–H and O–H groups in total. The van der Waals surface area contributed by atoms with Gasteiger partial charge in [-0.2, -0.15) is 0 Å². The van der Waals surface area contributed by atoms with Crippen molar-refractivity contribution in [1.82, 2.24) is 5.32 Å². The normalized spacial score (nSPS) is 12.0. The number of carbonyl (C=O) groups is 2. The first-order chi connectivity index (χ1) is 14.1. The molecule has 0 saturated heterocycles. The van der Waals surface area contributed by atoms with Gasteiger partial charge < -0.3 is 15.4 Å². The van der Waals surface area contributed by atoms with E-state index in [4.69, 9.17) is 4.74 Å². The van der Waals surface area contributed by atoms with Gasteiger partial charge >= 0.3 is 0 Å². The van der Waals surface area contributed by atoms with Gasteiger partial charge in [-0.1, -0.05) is 19.1 Å². The van der Waals surface area contributed by atoms with Crippen molar-refractivity contribution in [2.75, 3.05) is 29.5 Å². The highest BCUT2D eigenvalue weighted by Gasteiger charge is 2.19. The van der Waals surface area contributed by atoms with Gasteiger partial charge in [-0.3, -0.25) is 13.9 Å². The molecule has 0 aliphatic carbocycles. The van der Waals surface area contributed by atoms with Crippen LogP contribution in [0.5, 0.6) is 5.75 Å². The van der Waals surface area contributed by atoms with Crippen molar-refractivity contribution in [3.63, 3.8) is 0 Å². The second-order valence-electron chi connectivity index (χ2n) is 6.78. The van der Waals surface area contributed by atoms with Crippen molar-refractivity contribution in [2.45, 2.75) is 26.4 Å². The molecule has 0 unspecified atom stereocenters. The summed E-state index contributed by atoms with van der Waals surface area (Å²) >= 11 is 0. The third kappa shape index (κ3) is 6.21. The van der Waals surface area contributed by atoms with Crippen LogP contribution in [0.15, 0.2) is 48.5 Å². The van der Waals surface area contributed by atoms with Gasteiger partial charge in [0.05, 0.1) is 23.2 Å². The van der Waals surface area contributed by atoms with Gasteiger partial charge in [0.2, 0.25) is 10.0 Å². The summed E-state index contributed by atoms with van der Waals surface area (Å²) in [6.45, 7) is 4.09. The van der Waals surface area contributed by atoms with Gasteiger partial charge in [0.1, 0.15) is 5.75 Å². The van der Waals surface area contributed by atoms with Crippen LogP contribution in [0.1, 0.15) is 30.6 Å². The van der Waals surface area contributed by atoms with Crippen molar-refractivity contribution >= 4 is 33.2 Å². The smallest absolute Gasteiger partial charge is 0.265 e. The zero-order chi connectivity index (χ0) is 22.3. The fourth-order valence-corrected chi connectivity index (χ4v) is 3.05. The molecule has 2 aromatic rings. The predicted octanol–water partition coefficient (Wildman–Crippen LogP) is 2.63. The topological polar surface area (TPSA) is 105 Å². The van der Waals surface area contributed by atoms with E-state index in [0.717, 1.165) is 17.0 Å². The summed E-state index contributed by atoms with van der Waals surface area (Å²) in [5, 5.41) is 5.51. The molecule has 0 aliphatic heterocycles. The fraction of sp³-hybridized carbons (Fsp3) is 0.333. The number of nitrogens with zero attached hydrogens (tertiary/aromatic N) is 1. The van der Waals surface area contributed by atoms with Crippen molar-refractivity contribution in [2.24, 2.45) is 0 Å². The highest BCUT2D eigenvalue weighted by molar-refractivity contribution is 7.92. The Kier molecular flexibility index (Phi) is 7.82. The van der Waals surface area contributed by atoms with Crippen molar-refractivity contribution in [3.8, 4) is 5.75 Å². The number of carbonyl (C=O) groups excluding carboxylic acids is 2. The van der Waals surface area contributed by atoms with Crippen molar-refractivity contribution < 1.29 is 22.7 Å². The van der Waals surface area contributed by atoms with E-state index < -0.39 is 22.0 Å². The third-order valence-electron chi connectivity index (χ3n) is 4.34. The molecule has 0 fully saturated rings. The SMILES string of the molecule is CCCNC(=O)c1ccccc1NC(=O)[C@@H](C)Oc1ccc(N(C)S(C)(=O)=O)cc1. The summed E-state index contributed by atoms with van der Waals surface area (Å²) in [5.74, 6) is -0.257. The van der Waals surface area contributed by atoms with E-state index in [1.54, 1.807) is 55.5 Å². The molecule has 162 valence electrons. The van der Waals surface area contributed by atoms with Gasteiger partial charge in [0.15, 0.2) is 6.10 Å². The van der Waals surface area contributed by atoms with E-state index in [9.17, 15) is 18.0 Å². The third-order valence-corrected chi connectivity index (χ3v) is 5.55. The number of nitrogens with one attached hydrogen (secondary N) is 2. The molecule has 0 aliphatic rings. The van der Waals surface area contributed by atoms with Crippen LogP contribution in [0.25, 0.3) is 0 Å². The number of sulfonamides is 1. The molecule has 8 nitrogen and oxygen atoms in total. The number of hydrogen-bond donors (Lipinski definition) is 2. The number of hydrogen-bond acceptors (Lipinski definition) is 5. The maximum atomic E-state index is 12.6. The van der Waals surface area contributed by atoms with Gasteiger partial charge in [-0.25, -0.2) is 8.42 Å². The first kappa shape index (κ1) is 23.2. The summed E-state index contributed by atoms with van der Waals surface area (Å²) in [4.78, 5) is 24.8. The summed E-state index contributed by atoms with van der Waals surface area (Å²) < 4.78 is 30.0. The Hall–Kier alpha value is -3.07. The molecule has 2 aromatic carbocycles. The van der Waals surface area contributed by atoms with E-state index in [1.807, 2.05) is 6.92 Å². The minimum atomic E-state index is -3.36. The average Bonchev–Trinajstić information content (AvgIpc) is 2.71. The molecule has 0 bridgehead atoms. The lowest BCUT2D eigenvalue weighted by Gasteiger charge is -2.18. The zero-order valence-electron chi connectivity index (χ0n) is 17.5. The summed E-state index contributed by atoms with van der Waals surface area (Å²) in [6, 6.07) is 13.1. The number of anilines is 2. The Bertz CT molecular complexity index is 990. The highest BCUT2D eigenvalue weighted by atomic mass is 32.2. The molecule has 0 spiro atoms. The standard InChI is InChI=1S/C21H27N3O5S/c1-5-14-22-21(26)18-8-6-7-9-19(18)23-20(25)15(2)29-17-12-10-16(11-13-17)24(3)30(4,27)28/h6-13,15H,5,14H2,1-4H3,(H,22,26)(H,23,25)/t15-/m1/s1. The maximum Gasteiger partial charge on any atom is 0.265 e. The van der Waals surface area contributed by atoms with E-state index in [1.165, 1.54) is 7.05 Å². The molecule has 0 heterocycles. The van der Waals surface area contributed by atoms with Crippen molar-refractivity contribution in [1.29, 1.82) is 0 Å². The number of para-hydroxylation sites is 1. The molecule has 1 atom stereocenters. The first-order valence-corrected chi connectivity index (χ1v) is 11.4.